The Hall–Kier alpha value is -1.61. The zero-order valence-electron chi connectivity index (χ0n) is 8.04. The highest BCUT2D eigenvalue weighted by molar-refractivity contribution is 7.99. The molecule has 1 unspecified atom stereocenters. The molecule has 0 aliphatic carbocycles. The lowest BCUT2D eigenvalue weighted by molar-refractivity contribution is -0.136. The molecule has 0 fully saturated rings. The molecule has 5 nitrogen and oxygen atoms in total. The first kappa shape index (κ1) is 11.5. The van der Waals surface area contributed by atoms with Gasteiger partial charge in [0.05, 0.1) is 6.42 Å². The van der Waals surface area contributed by atoms with Gasteiger partial charge in [0.1, 0.15) is 11.1 Å². The largest absolute Gasteiger partial charge is 0.481 e. The Morgan fingerprint density at radius 1 is 1.67 bits per heavy atom. The van der Waals surface area contributed by atoms with E-state index in [-0.39, 0.29) is 17.4 Å². The standard InChI is InChI=1S/C9H9N3O2S/c1-6(4-8(13)14)15-9-7(5-10)11-2-3-12-9/h2-3,6H,4H2,1H3,(H,13,14). The minimum atomic E-state index is -0.864. The van der Waals surface area contributed by atoms with Crippen molar-refractivity contribution in [1.82, 2.24) is 9.97 Å². The number of carbonyl (C=O) groups is 1. The number of thioether (sulfide) groups is 1. The van der Waals surface area contributed by atoms with Crippen molar-refractivity contribution >= 4 is 17.7 Å². The summed E-state index contributed by atoms with van der Waals surface area (Å²) in [6.45, 7) is 1.77. The summed E-state index contributed by atoms with van der Waals surface area (Å²) in [5.41, 5.74) is 0.236. The minimum Gasteiger partial charge on any atom is -0.481 e. The van der Waals surface area contributed by atoms with E-state index in [1.807, 2.05) is 6.07 Å². The van der Waals surface area contributed by atoms with Gasteiger partial charge in [0.15, 0.2) is 5.69 Å². The fourth-order valence-electron chi connectivity index (χ4n) is 0.966. The molecule has 0 spiro atoms. The molecule has 0 aromatic carbocycles. The average Bonchev–Trinajstić information content (AvgIpc) is 2.17. The van der Waals surface area contributed by atoms with Gasteiger partial charge in [-0.3, -0.25) is 4.79 Å². The number of nitrogens with zero attached hydrogens (tertiary/aromatic N) is 3. The van der Waals surface area contributed by atoms with E-state index in [4.69, 9.17) is 10.4 Å². The predicted molar refractivity (Wildman–Crippen MR) is 54.3 cm³/mol. The molecule has 1 aromatic rings. The van der Waals surface area contributed by atoms with Crippen LogP contribution in [-0.4, -0.2) is 26.3 Å². The zero-order chi connectivity index (χ0) is 11.3. The number of carboxylic acid groups (broad SMARTS) is 1. The molecular formula is C9H9N3O2S. The van der Waals surface area contributed by atoms with Crippen molar-refractivity contribution in [3.05, 3.63) is 18.1 Å². The summed E-state index contributed by atoms with van der Waals surface area (Å²) in [6.07, 6.45) is 2.95. The lowest BCUT2D eigenvalue weighted by atomic mass is 10.3. The van der Waals surface area contributed by atoms with E-state index >= 15 is 0 Å². The third-order valence-corrected chi connectivity index (χ3v) is 2.64. The third-order valence-electron chi connectivity index (χ3n) is 1.55. The van der Waals surface area contributed by atoms with Gasteiger partial charge in [-0.1, -0.05) is 18.7 Å². The van der Waals surface area contributed by atoms with Crippen LogP contribution < -0.4 is 0 Å². The summed E-state index contributed by atoms with van der Waals surface area (Å²) in [7, 11) is 0. The number of nitriles is 1. The monoisotopic (exact) mass is 223 g/mol. The zero-order valence-corrected chi connectivity index (χ0v) is 8.86. The molecule has 0 saturated heterocycles. The molecule has 78 valence electrons. The topological polar surface area (TPSA) is 86.9 Å². The first-order valence-corrected chi connectivity index (χ1v) is 5.11. The lowest BCUT2D eigenvalue weighted by Crippen LogP contribution is -2.06. The fourth-order valence-corrected chi connectivity index (χ4v) is 1.91. The second-order valence-corrected chi connectivity index (χ2v) is 4.28. The molecule has 1 N–H and O–H groups in total. The van der Waals surface area contributed by atoms with E-state index in [0.29, 0.717) is 5.03 Å². The second kappa shape index (κ2) is 5.32. The highest BCUT2D eigenvalue weighted by Gasteiger charge is 2.13. The van der Waals surface area contributed by atoms with Crippen LogP contribution in [0, 0.1) is 11.3 Å². The SMILES string of the molecule is CC(CC(=O)O)Sc1nccnc1C#N. The highest BCUT2D eigenvalue weighted by Crippen LogP contribution is 2.24. The second-order valence-electron chi connectivity index (χ2n) is 2.85. The van der Waals surface area contributed by atoms with Crippen LogP contribution in [0.25, 0.3) is 0 Å². The third kappa shape index (κ3) is 3.56. The fraction of sp³-hybridized carbons (Fsp3) is 0.333. The minimum absolute atomic E-state index is 0.0338. The molecule has 0 saturated carbocycles. The maximum Gasteiger partial charge on any atom is 0.304 e. The molecule has 1 atom stereocenters. The molecule has 0 amide bonds. The van der Waals surface area contributed by atoms with Gasteiger partial charge in [0.2, 0.25) is 0 Å². The Kier molecular flexibility index (Phi) is 4.06. The number of carboxylic acids is 1. The van der Waals surface area contributed by atoms with E-state index in [1.165, 1.54) is 24.2 Å². The Morgan fingerprint density at radius 2 is 2.33 bits per heavy atom. The van der Waals surface area contributed by atoms with Crippen molar-refractivity contribution in [2.45, 2.75) is 23.6 Å². The Bertz CT molecular complexity index is 403. The molecule has 1 heterocycles. The van der Waals surface area contributed by atoms with E-state index < -0.39 is 5.97 Å². The van der Waals surface area contributed by atoms with Gasteiger partial charge in [-0.05, 0) is 0 Å². The van der Waals surface area contributed by atoms with E-state index in [1.54, 1.807) is 6.92 Å². The molecule has 0 aliphatic heterocycles. The van der Waals surface area contributed by atoms with Crippen molar-refractivity contribution in [2.24, 2.45) is 0 Å². The first-order chi connectivity index (χ1) is 7.13. The van der Waals surface area contributed by atoms with Gasteiger partial charge in [0.25, 0.3) is 0 Å². The van der Waals surface area contributed by atoms with Crippen LogP contribution in [0.1, 0.15) is 19.0 Å². The molecule has 1 rings (SSSR count). The van der Waals surface area contributed by atoms with E-state index in [9.17, 15) is 4.79 Å². The van der Waals surface area contributed by atoms with Gasteiger partial charge in [0, 0.05) is 17.6 Å². The van der Waals surface area contributed by atoms with Gasteiger partial charge in [-0.2, -0.15) is 5.26 Å². The molecular weight excluding hydrogens is 214 g/mol. The summed E-state index contributed by atoms with van der Waals surface area (Å²) in [4.78, 5) is 18.3. The number of aromatic nitrogens is 2. The number of hydrogen-bond donors (Lipinski definition) is 1. The van der Waals surface area contributed by atoms with Crippen LogP contribution in [0.3, 0.4) is 0 Å². The molecule has 6 heteroatoms. The summed E-state index contributed by atoms with van der Waals surface area (Å²) in [5.74, 6) is -0.864. The van der Waals surface area contributed by atoms with Crippen LogP contribution >= 0.6 is 11.8 Å². The summed E-state index contributed by atoms with van der Waals surface area (Å²) in [5, 5.41) is 17.7. The van der Waals surface area contributed by atoms with Crippen molar-refractivity contribution in [3.63, 3.8) is 0 Å². The summed E-state index contributed by atoms with van der Waals surface area (Å²) in [6, 6.07) is 1.91. The van der Waals surface area contributed by atoms with Gasteiger partial charge in [-0.25, -0.2) is 9.97 Å². The smallest absolute Gasteiger partial charge is 0.304 e. The number of aliphatic carboxylic acids is 1. The van der Waals surface area contributed by atoms with E-state index in [0.717, 1.165) is 0 Å². The summed E-state index contributed by atoms with van der Waals surface area (Å²) >= 11 is 1.25. The van der Waals surface area contributed by atoms with Gasteiger partial charge < -0.3 is 5.11 Å². The molecule has 0 bridgehead atoms. The van der Waals surface area contributed by atoms with Crippen molar-refractivity contribution < 1.29 is 9.90 Å². The number of hydrogen-bond acceptors (Lipinski definition) is 5. The van der Waals surface area contributed by atoms with E-state index in [2.05, 4.69) is 9.97 Å². The van der Waals surface area contributed by atoms with Gasteiger partial charge in [-0.15, -0.1) is 0 Å². The van der Waals surface area contributed by atoms with Crippen LogP contribution in [0.15, 0.2) is 17.4 Å². The first-order valence-electron chi connectivity index (χ1n) is 4.23. The van der Waals surface area contributed by atoms with Crippen LogP contribution in [0.2, 0.25) is 0 Å². The van der Waals surface area contributed by atoms with Gasteiger partial charge >= 0.3 is 5.97 Å². The number of rotatable bonds is 4. The van der Waals surface area contributed by atoms with Crippen molar-refractivity contribution in [3.8, 4) is 6.07 Å². The molecule has 0 aliphatic rings. The normalized spacial score (nSPS) is 11.7. The van der Waals surface area contributed by atoms with Crippen molar-refractivity contribution in [1.29, 1.82) is 5.26 Å². The highest BCUT2D eigenvalue weighted by atomic mass is 32.2. The Balaban J connectivity index is 2.72. The quantitative estimate of drug-likeness (QED) is 0.774. The maximum atomic E-state index is 10.4. The Labute approximate surface area is 91.2 Å². The molecule has 0 radical (unpaired) electrons. The Morgan fingerprint density at radius 3 is 2.93 bits per heavy atom. The average molecular weight is 223 g/mol. The lowest BCUT2D eigenvalue weighted by Gasteiger charge is -2.07. The van der Waals surface area contributed by atoms with Crippen LogP contribution in [0.4, 0.5) is 0 Å². The maximum absolute atomic E-state index is 10.4. The molecule has 1 aromatic heterocycles. The molecule has 15 heavy (non-hydrogen) atoms. The van der Waals surface area contributed by atoms with Crippen LogP contribution in [-0.2, 0) is 4.79 Å². The van der Waals surface area contributed by atoms with Crippen molar-refractivity contribution in [2.75, 3.05) is 0 Å². The summed E-state index contributed by atoms with van der Waals surface area (Å²) < 4.78 is 0. The van der Waals surface area contributed by atoms with Crippen LogP contribution in [0.5, 0.6) is 0 Å². The predicted octanol–water partition coefficient (Wildman–Crippen LogP) is 1.30.